The summed E-state index contributed by atoms with van der Waals surface area (Å²) in [6.07, 6.45) is -5.36. The van der Waals surface area contributed by atoms with Gasteiger partial charge in [0.15, 0.2) is 0 Å². The molecule has 23 heavy (non-hydrogen) atoms. The van der Waals surface area contributed by atoms with Gasteiger partial charge in [0.25, 0.3) is 0 Å². The maximum Gasteiger partial charge on any atom is 0.437 e. The molecule has 1 aromatic rings. The highest BCUT2D eigenvalue weighted by Crippen LogP contribution is 2.43. The Hall–Kier alpha value is -2.63. The zero-order chi connectivity index (χ0) is 17.6. The lowest BCUT2D eigenvalue weighted by molar-refractivity contribution is -0.402. The largest absolute Gasteiger partial charge is 0.437 e. The molecule has 3 atom stereocenters. The molecule has 12 heteroatoms. The van der Waals surface area contributed by atoms with E-state index in [1.807, 2.05) is 5.32 Å². The van der Waals surface area contributed by atoms with Gasteiger partial charge in [0.1, 0.15) is 28.4 Å². The van der Waals surface area contributed by atoms with Gasteiger partial charge in [0, 0.05) is 0 Å². The predicted molar refractivity (Wildman–Crippen MR) is 64.9 cm³/mol. The molecule has 1 aromatic heterocycles. The molecule has 0 unspecified atom stereocenters. The smallest absolute Gasteiger partial charge is 0.404 e. The molecular formula is C11H10F3N3O6. The molecule has 9 nitrogen and oxygen atoms in total. The fourth-order valence-electron chi connectivity index (χ4n) is 2.37. The fraction of sp³-hybridized carbons (Fsp3) is 0.455. The van der Waals surface area contributed by atoms with Crippen molar-refractivity contribution in [1.29, 1.82) is 0 Å². The van der Waals surface area contributed by atoms with Crippen molar-refractivity contribution in [3.63, 3.8) is 0 Å². The molecule has 2 amide bonds. The van der Waals surface area contributed by atoms with Crippen LogP contribution in [0.2, 0.25) is 0 Å². The van der Waals surface area contributed by atoms with Crippen molar-refractivity contribution in [2.24, 2.45) is 5.92 Å². The lowest BCUT2D eigenvalue weighted by Gasteiger charge is -2.43. The summed E-state index contributed by atoms with van der Waals surface area (Å²) in [7, 11) is 0. The monoisotopic (exact) mass is 337 g/mol. The normalized spacial score (nSPS) is 28.0. The summed E-state index contributed by atoms with van der Waals surface area (Å²) < 4.78 is 44.2. The Morgan fingerprint density at radius 3 is 2.52 bits per heavy atom. The van der Waals surface area contributed by atoms with E-state index >= 15 is 0 Å². The number of halogens is 3. The van der Waals surface area contributed by atoms with Gasteiger partial charge in [0.2, 0.25) is 5.72 Å². The molecule has 0 saturated carbocycles. The Morgan fingerprint density at radius 2 is 2.09 bits per heavy atom. The van der Waals surface area contributed by atoms with Crippen molar-refractivity contribution in [2.45, 2.75) is 24.9 Å². The summed E-state index contributed by atoms with van der Waals surface area (Å²) >= 11 is 0. The fourth-order valence-corrected chi connectivity index (χ4v) is 2.37. The zero-order valence-electron chi connectivity index (χ0n) is 11.4. The van der Waals surface area contributed by atoms with Gasteiger partial charge in [-0.1, -0.05) is 0 Å². The quantitative estimate of drug-likeness (QED) is 0.556. The molecule has 1 aliphatic heterocycles. The number of amides is 2. The molecule has 0 aromatic carbocycles. The van der Waals surface area contributed by atoms with Crippen LogP contribution in [-0.2, 0) is 4.79 Å². The number of carbonyl (C=O) groups is 2. The minimum absolute atomic E-state index is 0.463. The van der Waals surface area contributed by atoms with Crippen LogP contribution in [0.3, 0.4) is 0 Å². The highest BCUT2D eigenvalue weighted by atomic mass is 19.4. The van der Waals surface area contributed by atoms with Gasteiger partial charge < -0.3 is 20.2 Å². The van der Waals surface area contributed by atoms with Gasteiger partial charge in [-0.05, 0) is 13.0 Å². The standard InChI is InChI=1S/C11H10F3N3O6/c1-4(18)7-8(5-2-3-6(23-5)17(21)22)15-9(19)16-10(7,20)11(12,13)14/h2-3,7-8,20H,1H3,(H2,15,16,19)/t7-,8-,10-/m1/s1. The number of furan rings is 1. The van der Waals surface area contributed by atoms with Crippen molar-refractivity contribution in [2.75, 3.05) is 0 Å². The highest BCUT2D eigenvalue weighted by Gasteiger charge is 2.66. The lowest BCUT2D eigenvalue weighted by atomic mass is 9.81. The van der Waals surface area contributed by atoms with Crippen molar-refractivity contribution in [3.05, 3.63) is 28.0 Å². The van der Waals surface area contributed by atoms with E-state index in [0.717, 1.165) is 19.1 Å². The molecule has 126 valence electrons. The molecule has 0 aliphatic carbocycles. The van der Waals surface area contributed by atoms with E-state index in [1.54, 1.807) is 0 Å². The molecule has 0 radical (unpaired) electrons. The Bertz CT molecular complexity index is 672. The number of hydrogen-bond acceptors (Lipinski definition) is 6. The summed E-state index contributed by atoms with van der Waals surface area (Å²) in [6.45, 7) is 0.783. The Balaban J connectivity index is 2.53. The van der Waals surface area contributed by atoms with Gasteiger partial charge in [-0.15, -0.1) is 0 Å². The maximum atomic E-state index is 13.1. The van der Waals surface area contributed by atoms with Gasteiger partial charge in [0.05, 0.1) is 6.07 Å². The Morgan fingerprint density at radius 1 is 1.48 bits per heavy atom. The number of carbonyl (C=O) groups excluding carboxylic acids is 2. The average Bonchev–Trinajstić information content (AvgIpc) is 2.85. The second-order valence-electron chi connectivity index (χ2n) is 4.86. The topological polar surface area (TPSA) is 135 Å². The van der Waals surface area contributed by atoms with E-state index in [0.29, 0.717) is 0 Å². The first-order chi connectivity index (χ1) is 10.5. The van der Waals surface area contributed by atoms with Crippen molar-refractivity contribution in [3.8, 4) is 0 Å². The number of nitro groups is 1. The maximum absolute atomic E-state index is 13.1. The first-order valence-corrected chi connectivity index (χ1v) is 6.09. The number of alkyl halides is 3. The van der Waals surface area contributed by atoms with Crippen LogP contribution in [0.4, 0.5) is 23.8 Å². The second-order valence-corrected chi connectivity index (χ2v) is 4.86. The van der Waals surface area contributed by atoms with Crippen LogP contribution in [0, 0.1) is 16.0 Å². The number of nitrogens with one attached hydrogen (secondary N) is 2. The number of aliphatic hydroxyl groups is 1. The predicted octanol–water partition coefficient (Wildman–Crippen LogP) is 0.998. The molecule has 0 spiro atoms. The van der Waals surface area contributed by atoms with Gasteiger partial charge in [-0.2, -0.15) is 13.2 Å². The molecule has 1 fully saturated rings. The van der Waals surface area contributed by atoms with E-state index in [4.69, 9.17) is 4.42 Å². The van der Waals surface area contributed by atoms with Crippen LogP contribution < -0.4 is 10.6 Å². The summed E-state index contributed by atoms with van der Waals surface area (Å²) in [5.74, 6) is -4.56. The Kier molecular flexibility index (Phi) is 3.80. The molecule has 2 rings (SSSR count). The van der Waals surface area contributed by atoms with Crippen LogP contribution in [0.15, 0.2) is 16.5 Å². The minimum atomic E-state index is -5.36. The van der Waals surface area contributed by atoms with E-state index in [1.165, 1.54) is 5.32 Å². The van der Waals surface area contributed by atoms with Crippen LogP contribution in [0.5, 0.6) is 0 Å². The SMILES string of the molecule is CC(=O)[C@@H]1[C@@H](c2ccc([N+](=O)[O-])o2)NC(=O)N[C@]1(O)C(F)(F)F. The van der Waals surface area contributed by atoms with Crippen LogP contribution in [0.25, 0.3) is 0 Å². The number of Topliss-reactive ketones (excluding diaryl/α,β-unsaturated/α-hetero) is 1. The second kappa shape index (κ2) is 5.22. The summed E-state index contributed by atoms with van der Waals surface area (Å²) in [5.41, 5.74) is -3.84. The number of rotatable bonds is 3. The van der Waals surface area contributed by atoms with Gasteiger partial charge in [-0.25, -0.2) is 4.79 Å². The lowest BCUT2D eigenvalue weighted by Crippen LogP contribution is -2.72. The Labute approximate surface area is 125 Å². The first kappa shape index (κ1) is 16.7. The van der Waals surface area contributed by atoms with Crippen LogP contribution >= 0.6 is 0 Å². The number of hydrogen-bond donors (Lipinski definition) is 3. The molecular weight excluding hydrogens is 327 g/mol. The number of ketones is 1. The van der Waals surface area contributed by atoms with E-state index in [9.17, 15) is 38.0 Å². The summed E-state index contributed by atoms with van der Waals surface area (Å²) in [6, 6.07) is -1.35. The van der Waals surface area contributed by atoms with Crippen LogP contribution in [-0.4, -0.2) is 33.7 Å². The van der Waals surface area contributed by atoms with E-state index in [-0.39, 0.29) is 0 Å². The highest BCUT2D eigenvalue weighted by molar-refractivity contribution is 5.85. The third-order valence-corrected chi connectivity index (χ3v) is 3.34. The van der Waals surface area contributed by atoms with Crippen molar-refractivity contribution in [1.82, 2.24) is 10.6 Å². The molecule has 3 N–H and O–H groups in total. The van der Waals surface area contributed by atoms with Crippen molar-refractivity contribution < 1.29 is 37.2 Å². The molecule has 0 bridgehead atoms. The van der Waals surface area contributed by atoms with Gasteiger partial charge in [-0.3, -0.25) is 14.9 Å². The molecule has 1 saturated heterocycles. The first-order valence-electron chi connectivity index (χ1n) is 6.09. The van der Waals surface area contributed by atoms with Crippen LogP contribution in [0.1, 0.15) is 18.7 Å². The number of nitrogens with zero attached hydrogens (tertiary/aromatic N) is 1. The van der Waals surface area contributed by atoms with Crippen molar-refractivity contribution >= 4 is 17.7 Å². The van der Waals surface area contributed by atoms with Gasteiger partial charge >= 0.3 is 18.1 Å². The average molecular weight is 337 g/mol. The third-order valence-electron chi connectivity index (χ3n) is 3.34. The van der Waals surface area contributed by atoms with E-state index in [2.05, 4.69) is 0 Å². The summed E-state index contributed by atoms with van der Waals surface area (Å²) in [4.78, 5) is 32.8. The van der Waals surface area contributed by atoms with E-state index < -0.39 is 52.2 Å². The molecule has 1 aliphatic rings. The zero-order valence-corrected chi connectivity index (χ0v) is 11.4. The minimum Gasteiger partial charge on any atom is -0.404 e. The molecule has 2 heterocycles. The number of urea groups is 1. The summed E-state index contributed by atoms with van der Waals surface area (Å²) in [5, 5.41) is 23.7. The third kappa shape index (κ3) is 2.72.